The Morgan fingerprint density at radius 1 is 0.390 bits per heavy atom. The first-order chi connectivity index (χ1) is 55.3. The largest absolute Gasteiger partial charge is 1.00 e. The fraction of sp³-hybridized carbons (Fsp3) is 0.722. The van der Waals surface area contributed by atoms with Crippen molar-refractivity contribution >= 4 is 60.1 Å². The number of halogens is 4. The van der Waals surface area contributed by atoms with Crippen molar-refractivity contribution in [1.29, 1.82) is 0 Å². The van der Waals surface area contributed by atoms with Gasteiger partial charge >= 0.3 is 94.6 Å². The zero-order valence-electron chi connectivity index (χ0n) is 73.4. The standard InChI is InChI=1S/C24H31FO6.3C22H29FO5.3Na.H3O4P/c1-13-9-18-17-6-5-15-10-16(28)7-8-21(15,3)23(17,25)19(29)11-22(18,4)24(13,20(30)12-26)31-14(2)27;3*1-12-8-16-15-5-4-13-9-14(25)6-7-19(13,2)21(15,23)17(26)10-20(16,3)22(12,28)18(27)11-24;;;;1-5(2,3)4/h7-8,10,13,17-19,26,29H,5-6,9,11-12H2,1-4H3;3*6-7,9,12,15-17,24,26,28H,4-5,8,10-11H2,1-3H3;;;;(H3,1,2,3,4)/q;;;;3*+1;/p-3/t13-,17?,18?,19+,21+,22+,23+,24+;2*12-,15?,16?,17+,19+,20+,21+,22+;12-,15-,16?,17+,19+,20+,21+,22+;;;;/m1111..../s1. The van der Waals surface area contributed by atoms with Crippen LogP contribution < -0.4 is 103 Å². The Morgan fingerprint density at radius 3 is 0.805 bits per heavy atom. The first kappa shape index (κ1) is 104. The number of carbonyl (C=O) groups excluding carboxylic acids is 9. The van der Waals surface area contributed by atoms with E-state index in [9.17, 15) is 99.3 Å². The second-order valence-electron chi connectivity index (χ2n) is 40.0. The summed E-state index contributed by atoms with van der Waals surface area (Å²) in [5.41, 5.74) is -20.6. The summed E-state index contributed by atoms with van der Waals surface area (Å²) in [6.07, 6.45) is 17.6. The van der Waals surface area contributed by atoms with Gasteiger partial charge in [0, 0.05) is 79.8 Å². The Balaban J connectivity index is 0.000000181. The summed E-state index contributed by atoms with van der Waals surface area (Å²) in [5.74, 6) is -9.15. The summed E-state index contributed by atoms with van der Waals surface area (Å²) < 4.78 is 81.9. The van der Waals surface area contributed by atoms with Gasteiger partial charge in [-0.3, -0.25) is 43.2 Å². The van der Waals surface area contributed by atoms with Crippen LogP contribution in [0.4, 0.5) is 17.6 Å². The molecule has 123 heavy (non-hydrogen) atoms. The van der Waals surface area contributed by atoms with Crippen LogP contribution in [0.5, 0.6) is 0 Å². The van der Waals surface area contributed by atoms with E-state index in [-0.39, 0.29) is 161 Å². The van der Waals surface area contributed by atoms with Crippen LogP contribution >= 0.6 is 7.82 Å². The third-order valence-electron chi connectivity index (χ3n) is 35.4. The van der Waals surface area contributed by atoms with Gasteiger partial charge in [-0.25, -0.2) is 17.6 Å². The van der Waals surface area contributed by atoms with Crippen molar-refractivity contribution in [1.82, 2.24) is 0 Å². The van der Waals surface area contributed by atoms with Crippen molar-refractivity contribution in [3.8, 4) is 0 Å². The molecular formula is C90H118F4Na3O25P. The number of fused-ring (bicyclic) bond motifs is 20. The molecule has 664 valence electrons. The number of carbonyl (C=O) groups is 9. The van der Waals surface area contributed by atoms with E-state index in [4.69, 9.17) is 24.0 Å². The van der Waals surface area contributed by atoms with Crippen LogP contribution in [0.2, 0.25) is 0 Å². The Labute approximate surface area is 781 Å². The molecule has 0 saturated heterocycles. The molecule has 11 N–H and O–H groups in total. The molecule has 0 heterocycles. The smallest absolute Gasteiger partial charge is 0.822 e. The third-order valence-corrected chi connectivity index (χ3v) is 35.4. The first-order valence-corrected chi connectivity index (χ1v) is 43.6. The van der Waals surface area contributed by atoms with E-state index >= 15 is 17.6 Å². The molecule has 0 aromatic heterocycles. The molecule has 16 aliphatic rings. The van der Waals surface area contributed by atoms with Gasteiger partial charge in [0.2, 0.25) is 5.78 Å². The molecule has 7 unspecified atom stereocenters. The molecule has 0 spiro atoms. The summed E-state index contributed by atoms with van der Waals surface area (Å²) in [5, 5.41) is 117. The number of hydrogen-bond donors (Lipinski definition) is 11. The van der Waals surface area contributed by atoms with Crippen LogP contribution in [0, 0.1) is 114 Å². The van der Waals surface area contributed by atoms with Crippen molar-refractivity contribution in [3.63, 3.8) is 0 Å². The number of rotatable bonds is 9. The minimum atomic E-state index is -5.39. The van der Waals surface area contributed by atoms with Gasteiger partial charge in [0.1, 0.15) is 43.2 Å². The number of allylic oxidation sites excluding steroid dienone is 16. The van der Waals surface area contributed by atoms with E-state index in [2.05, 4.69) is 0 Å². The minimum Gasteiger partial charge on any atom is -0.822 e. The third kappa shape index (κ3) is 14.3. The number of alkyl halides is 4. The molecule has 12 saturated carbocycles. The van der Waals surface area contributed by atoms with Gasteiger partial charge < -0.3 is 80.2 Å². The van der Waals surface area contributed by atoms with Crippen LogP contribution in [0.25, 0.3) is 0 Å². The average molecular weight is 1780 g/mol. The Kier molecular flexibility index (Phi) is 29.2. The monoisotopic (exact) mass is 1770 g/mol. The van der Waals surface area contributed by atoms with Crippen molar-refractivity contribution in [3.05, 3.63) is 95.2 Å². The Bertz CT molecular complexity index is 4300. The Morgan fingerprint density at radius 2 is 0.593 bits per heavy atom. The molecule has 12 fully saturated rings. The van der Waals surface area contributed by atoms with Crippen molar-refractivity contribution < 1.29 is 230 Å². The van der Waals surface area contributed by atoms with Gasteiger partial charge in [-0.15, -0.1) is 0 Å². The number of ether oxygens (including phenoxy) is 1. The maximum Gasteiger partial charge on any atom is 1.00 e. The molecule has 0 aliphatic heterocycles. The van der Waals surface area contributed by atoms with E-state index in [1.807, 2.05) is 0 Å². The Hall–Kier alpha value is -2.86. The summed E-state index contributed by atoms with van der Waals surface area (Å²) in [4.78, 5) is 136. The second kappa shape index (κ2) is 34.6. The SMILES string of the molecule is CC(=O)O[C@]1(C(=O)CO)[C@H](C)CC2C3CCC4=CC(=O)C=C[C@]4(C)[C@@]3(F)[C@@H](O)C[C@@]21C.C[C@@H]1CC2C3CCC4=CC(=O)C=C[C@]4(C)[C@@]3(F)[C@@H](O)C[C@]2(C)[C@@]1(O)C(=O)CO.C[C@@H]1CC2C3CCC4=CC(=O)C=C[C@]4(C)[C@@]3(F)[C@@H](O)C[C@]2(C)[C@@]1(O)C(=O)CO.C[C@@H]1CC2[C@H]3CCC4=CC(=O)C=C[C@]4(C)[C@@]3(F)[C@@H](O)C[C@]2(C)[C@@]1(O)C(=O)CO.O=P([O-])([O-])[O-].[Na+].[Na+].[Na+]. The summed E-state index contributed by atoms with van der Waals surface area (Å²) in [6, 6.07) is 0. The van der Waals surface area contributed by atoms with E-state index in [0.29, 0.717) is 99.3 Å². The molecule has 0 radical (unpaired) electrons. The van der Waals surface area contributed by atoms with Crippen molar-refractivity contribution in [2.24, 2.45) is 114 Å². The molecule has 0 aromatic rings. The number of phosphoric acid groups is 1. The molecule has 25 nitrogen and oxygen atoms in total. The second-order valence-corrected chi connectivity index (χ2v) is 40.9. The summed E-state index contributed by atoms with van der Waals surface area (Å²) in [6.45, 7) is 19.2. The van der Waals surface area contributed by atoms with E-state index in [0.717, 1.165) is 0 Å². The van der Waals surface area contributed by atoms with Crippen molar-refractivity contribution in [2.45, 2.75) is 262 Å². The number of ketones is 8. The van der Waals surface area contributed by atoms with E-state index in [1.54, 1.807) is 107 Å². The van der Waals surface area contributed by atoms with Gasteiger partial charge in [0.25, 0.3) is 0 Å². The number of aliphatic hydroxyl groups is 11. The van der Waals surface area contributed by atoms with Crippen LogP contribution in [0.15, 0.2) is 95.2 Å². The molecule has 0 bridgehead atoms. The van der Waals surface area contributed by atoms with Gasteiger partial charge in [-0.05, 0) is 220 Å². The summed E-state index contributed by atoms with van der Waals surface area (Å²) in [7, 11) is -5.39. The molecule has 0 amide bonds. The van der Waals surface area contributed by atoms with Gasteiger partial charge in [0.05, 0.1) is 24.4 Å². The molecule has 16 rings (SSSR count). The maximum atomic E-state index is 17.1. The van der Waals surface area contributed by atoms with Crippen LogP contribution in [0.3, 0.4) is 0 Å². The van der Waals surface area contributed by atoms with Gasteiger partial charge in [-0.1, -0.05) is 102 Å². The fourth-order valence-electron chi connectivity index (χ4n) is 29.5. The fourth-order valence-corrected chi connectivity index (χ4v) is 29.5. The molecule has 33 heteroatoms. The number of hydrogen-bond acceptors (Lipinski definition) is 25. The average Bonchev–Trinajstić information content (AvgIpc) is 1.60. The van der Waals surface area contributed by atoms with E-state index < -0.39 is 224 Å². The van der Waals surface area contributed by atoms with Crippen LogP contribution in [-0.4, -0.2) is 204 Å². The van der Waals surface area contributed by atoms with Crippen molar-refractivity contribution in [2.75, 3.05) is 26.4 Å². The number of aliphatic hydroxyl groups excluding tert-OH is 8. The maximum absolute atomic E-state index is 17.1. The number of Topliss-reactive ketones (excluding diaryl/α,β-unsaturated/α-hetero) is 4. The summed E-state index contributed by atoms with van der Waals surface area (Å²) >= 11 is 0. The quantitative estimate of drug-likeness (QED) is 0.0459. The van der Waals surface area contributed by atoms with Gasteiger partial charge in [-0.2, -0.15) is 7.82 Å². The molecule has 0 aromatic carbocycles. The minimum absolute atomic E-state index is 0. The first-order valence-electron chi connectivity index (χ1n) is 42.2. The molecule has 32 atom stereocenters. The predicted octanol–water partition coefficient (Wildman–Crippen LogP) is -3.66. The molecule has 16 aliphatic carbocycles. The normalized spacial score (nSPS) is 48.5. The predicted molar refractivity (Wildman–Crippen MR) is 417 cm³/mol. The zero-order chi connectivity index (χ0) is 89.6. The van der Waals surface area contributed by atoms with Crippen LogP contribution in [-0.2, 0) is 52.5 Å². The van der Waals surface area contributed by atoms with Gasteiger partial charge in [0.15, 0.2) is 68.8 Å². The topological polar surface area (TPSA) is 472 Å². The van der Waals surface area contributed by atoms with E-state index in [1.165, 1.54) is 55.5 Å². The zero-order valence-corrected chi connectivity index (χ0v) is 80.3. The molecular weight excluding hydrogens is 1660 g/mol. The number of esters is 1. The van der Waals surface area contributed by atoms with Crippen LogP contribution in [0.1, 0.15) is 193 Å².